The maximum Gasteiger partial charge on any atom is 0.112 e. The van der Waals surface area contributed by atoms with Crippen molar-refractivity contribution in [1.29, 1.82) is 0 Å². The molecule has 1 aromatic rings. The number of nitrogens with zero attached hydrogens (tertiary/aromatic N) is 2. The lowest BCUT2D eigenvalue weighted by molar-refractivity contribution is 0.319. The Balaban J connectivity index is 2.14. The molecule has 1 aromatic heterocycles. The predicted octanol–water partition coefficient (Wildman–Crippen LogP) is 3.80. The lowest BCUT2D eigenvalue weighted by Gasteiger charge is -2.32. The van der Waals surface area contributed by atoms with Gasteiger partial charge in [-0.1, -0.05) is 25.5 Å². The third-order valence-corrected chi connectivity index (χ3v) is 3.68. The minimum atomic E-state index is 0.179. The highest BCUT2D eigenvalue weighted by molar-refractivity contribution is 6.21. The topological polar surface area (TPSA) is 17.8 Å². The average molecular weight is 253 g/mol. The summed E-state index contributed by atoms with van der Waals surface area (Å²) in [6.07, 6.45) is 9.29. The molecule has 0 aliphatic heterocycles. The molecule has 0 aromatic carbocycles. The minimum Gasteiger partial charge on any atom is -0.335 e. The molecule has 2 nitrogen and oxygen atoms in total. The van der Waals surface area contributed by atoms with Crippen LogP contribution in [0.2, 0.25) is 0 Å². The molecule has 0 saturated carbocycles. The molecular weight excluding hydrogens is 232 g/mol. The molecule has 0 saturated heterocycles. The lowest BCUT2D eigenvalue weighted by atomic mass is 9.76. The SMILES string of the molecule is CCn1ccnc1CC1=CC(Cl)CC(C)(C)C1. The summed E-state index contributed by atoms with van der Waals surface area (Å²) in [5.41, 5.74) is 1.75. The fourth-order valence-electron chi connectivity index (χ4n) is 2.71. The van der Waals surface area contributed by atoms with Crippen LogP contribution >= 0.6 is 11.6 Å². The van der Waals surface area contributed by atoms with Gasteiger partial charge in [0.15, 0.2) is 0 Å². The van der Waals surface area contributed by atoms with Crippen molar-refractivity contribution in [3.63, 3.8) is 0 Å². The van der Waals surface area contributed by atoms with E-state index in [4.69, 9.17) is 11.6 Å². The van der Waals surface area contributed by atoms with Crippen LogP contribution in [0.3, 0.4) is 0 Å². The van der Waals surface area contributed by atoms with Crippen LogP contribution < -0.4 is 0 Å². The Morgan fingerprint density at radius 3 is 2.94 bits per heavy atom. The van der Waals surface area contributed by atoms with Crippen molar-refractivity contribution in [2.24, 2.45) is 5.41 Å². The molecule has 0 amide bonds. The largest absolute Gasteiger partial charge is 0.335 e. The lowest BCUT2D eigenvalue weighted by Crippen LogP contribution is -2.23. The van der Waals surface area contributed by atoms with Gasteiger partial charge in [-0.2, -0.15) is 0 Å². The molecule has 1 unspecified atom stereocenters. The zero-order chi connectivity index (χ0) is 12.5. The maximum atomic E-state index is 6.31. The third kappa shape index (κ3) is 3.12. The zero-order valence-electron chi connectivity index (χ0n) is 10.9. The summed E-state index contributed by atoms with van der Waals surface area (Å²) in [6, 6.07) is 0. The second kappa shape index (κ2) is 4.85. The number of halogens is 1. The Labute approximate surface area is 109 Å². The normalized spacial score (nSPS) is 23.5. The van der Waals surface area contributed by atoms with Gasteiger partial charge in [-0.3, -0.25) is 0 Å². The Kier molecular flexibility index (Phi) is 3.62. The quantitative estimate of drug-likeness (QED) is 0.591. The molecule has 0 bridgehead atoms. The highest BCUT2D eigenvalue weighted by atomic mass is 35.5. The first kappa shape index (κ1) is 12.7. The van der Waals surface area contributed by atoms with E-state index in [1.165, 1.54) is 5.57 Å². The second-order valence-corrected chi connectivity index (χ2v) is 6.25. The van der Waals surface area contributed by atoms with Gasteiger partial charge in [0.1, 0.15) is 5.82 Å². The first-order chi connectivity index (χ1) is 8.00. The molecule has 0 spiro atoms. The summed E-state index contributed by atoms with van der Waals surface area (Å²) in [5.74, 6) is 1.15. The summed E-state index contributed by atoms with van der Waals surface area (Å²) in [4.78, 5) is 4.43. The molecule has 0 radical (unpaired) electrons. The van der Waals surface area contributed by atoms with Gasteiger partial charge in [-0.05, 0) is 25.2 Å². The highest BCUT2D eigenvalue weighted by Gasteiger charge is 2.27. The van der Waals surface area contributed by atoms with E-state index in [2.05, 4.69) is 36.4 Å². The molecular formula is C14H21ClN2. The van der Waals surface area contributed by atoms with Crippen molar-refractivity contribution in [2.45, 2.75) is 52.0 Å². The van der Waals surface area contributed by atoms with Crippen LogP contribution in [0.25, 0.3) is 0 Å². The number of imidazole rings is 1. The van der Waals surface area contributed by atoms with Gasteiger partial charge < -0.3 is 4.57 Å². The molecule has 3 heteroatoms. The van der Waals surface area contributed by atoms with E-state index < -0.39 is 0 Å². The molecule has 2 rings (SSSR count). The van der Waals surface area contributed by atoms with Crippen molar-refractivity contribution < 1.29 is 0 Å². The number of alkyl halides is 1. The average Bonchev–Trinajstić information content (AvgIpc) is 2.61. The van der Waals surface area contributed by atoms with E-state index in [1.807, 2.05) is 12.4 Å². The van der Waals surface area contributed by atoms with Crippen LogP contribution in [0, 0.1) is 5.41 Å². The van der Waals surface area contributed by atoms with Gasteiger partial charge in [0.05, 0.1) is 5.38 Å². The van der Waals surface area contributed by atoms with Crippen molar-refractivity contribution in [3.8, 4) is 0 Å². The third-order valence-electron chi connectivity index (χ3n) is 3.40. The molecule has 94 valence electrons. The maximum absolute atomic E-state index is 6.31. The highest BCUT2D eigenvalue weighted by Crippen LogP contribution is 2.38. The van der Waals surface area contributed by atoms with Crippen LogP contribution in [0.1, 0.15) is 39.4 Å². The molecule has 1 heterocycles. The zero-order valence-corrected chi connectivity index (χ0v) is 11.7. The fraction of sp³-hybridized carbons (Fsp3) is 0.643. The first-order valence-corrected chi connectivity index (χ1v) is 6.77. The molecule has 1 aliphatic rings. The number of hydrogen-bond acceptors (Lipinski definition) is 1. The van der Waals surface area contributed by atoms with Crippen molar-refractivity contribution >= 4 is 11.6 Å². The Morgan fingerprint density at radius 2 is 2.29 bits per heavy atom. The van der Waals surface area contributed by atoms with Crippen LogP contribution in [0.15, 0.2) is 24.0 Å². The van der Waals surface area contributed by atoms with Crippen molar-refractivity contribution in [1.82, 2.24) is 9.55 Å². The molecule has 17 heavy (non-hydrogen) atoms. The number of aromatic nitrogens is 2. The van der Waals surface area contributed by atoms with E-state index >= 15 is 0 Å². The summed E-state index contributed by atoms with van der Waals surface area (Å²) < 4.78 is 2.20. The summed E-state index contributed by atoms with van der Waals surface area (Å²) in [6.45, 7) is 7.72. The standard InChI is InChI=1S/C14H21ClN2/c1-4-17-6-5-16-13(17)8-11-7-12(15)10-14(2,3)9-11/h5-7,12H,4,8-10H2,1-3H3. The molecule has 1 aliphatic carbocycles. The van der Waals surface area contributed by atoms with Crippen molar-refractivity contribution in [2.75, 3.05) is 0 Å². The van der Waals surface area contributed by atoms with E-state index in [0.717, 1.165) is 31.6 Å². The Hall–Kier alpha value is -0.760. The van der Waals surface area contributed by atoms with Crippen LogP contribution in [-0.4, -0.2) is 14.9 Å². The van der Waals surface area contributed by atoms with Gasteiger partial charge >= 0.3 is 0 Å². The summed E-state index contributed by atoms with van der Waals surface area (Å²) in [5, 5.41) is 0.179. The van der Waals surface area contributed by atoms with Gasteiger partial charge in [0.2, 0.25) is 0 Å². The number of hydrogen-bond donors (Lipinski definition) is 0. The van der Waals surface area contributed by atoms with Gasteiger partial charge in [-0.15, -0.1) is 11.6 Å². The van der Waals surface area contributed by atoms with Gasteiger partial charge in [-0.25, -0.2) is 4.98 Å². The second-order valence-electron chi connectivity index (χ2n) is 5.69. The minimum absolute atomic E-state index is 0.179. The van der Waals surface area contributed by atoms with E-state index in [-0.39, 0.29) is 5.38 Å². The van der Waals surface area contributed by atoms with E-state index in [1.54, 1.807) is 0 Å². The van der Waals surface area contributed by atoms with Crippen LogP contribution in [0.4, 0.5) is 0 Å². The Morgan fingerprint density at radius 1 is 1.53 bits per heavy atom. The monoisotopic (exact) mass is 252 g/mol. The Bertz CT molecular complexity index is 418. The van der Waals surface area contributed by atoms with Crippen molar-refractivity contribution in [3.05, 3.63) is 29.9 Å². The number of rotatable bonds is 3. The smallest absolute Gasteiger partial charge is 0.112 e. The predicted molar refractivity (Wildman–Crippen MR) is 72.3 cm³/mol. The van der Waals surface area contributed by atoms with Gasteiger partial charge in [0.25, 0.3) is 0 Å². The molecule has 0 fully saturated rings. The van der Waals surface area contributed by atoms with Crippen LogP contribution in [0.5, 0.6) is 0 Å². The van der Waals surface area contributed by atoms with E-state index in [9.17, 15) is 0 Å². The summed E-state index contributed by atoms with van der Waals surface area (Å²) in [7, 11) is 0. The first-order valence-electron chi connectivity index (χ1n) is 6.34. The fourth-order valence-corrected chi connectivity index (χ4v) is 3.30. The number of aryl methyl sites for hydroxylation is 1. The molecule has 1 atom stereocenters. The summed E-state index contributed by atoms with van der Waals surface area (Å²) >= 11 is 6.31. The molecule has 0 N–H and O–H groups in total. The number of allylic oxidation sites excluding steroid dienone is 2. The van der Waals surface area contributed by atoms with Crippen LogP contribution in [-0.2, 0) is 13.0 Å². The van der Waals surface area contributed by atoms with Gasteiger partial charge in [0, 0.05) is 25.4 Å². The van der Waals surface area contributed by atoms with E-state index in [0.29, 0.717) is 5.41 Å².